The standard InChI is InChI=1S/C12H18BrN3O/c1-8(2)16-12(17)4-5-14-11-6-9(3)10(13)7-15-11/h6-8H,4-5H2,1-3H3,(H,14,15)(H,16,17). The summed E-state index contributed by atoms with van der Waals surface area (Å²) in [6, 6.07) is 2.14. The molecule has 0 saturated heterocycles. The number of halogens is 1. The molecular formula is C12H18BrN3O. The van der Waals surface area contributed by atoms with Gasteiger partial charge in [-0.2, -0.15) is 0 Å². The molecule has 94 valence electrons. The molecule has 1 aromatic heterocycles. The lowest BCUT2D eigenvalue weighted by molar-refractivity contribution is -0.121. The van der Waals surface area contributed by atoms with Crippen LogP contribution in [0.4, 0.5) is 5.82 Å². The van der Waals surface area contributed by atoms with Gasteiger partial charge in [-0.25, -0.2) is 4.98 Å². The highest BCUT2D eigenvalue weighted by molar-refractivity contribution is 9.10. The fraction of sp³-hybridized carbons (Fsp3) is 0.500. The maximum Gasteiger partial charge on any atom is 0.221 e. The van der Waals surface area contributed by atoms with Crippen molar-refractivity contribution in [2.75, 3.05) is 11.9 Å². The lowest BCUT2D eigenvalue weighted by Crippen LogP contribution is -2.31. The Morgan fingerprint density at radius 2 is 2.24 bits per heavy atom. The maximum atomic E-state index is 11.4. The van der Waals surface area contributed by atoms with Crippen LogP contribution in [-0.4, -0.2) is 23.5 Å². The van der Waals surface area contributed by atoms with Crippen molar-refractivity contribution in [2.45, 2.75) is 33.2 Å². The van der Waals surface area contributed by atoms with Gasteiger partial charge in [0.05, 0.1) is 0 Å². The highest BCUT2D eigenvalue weighted by Crippen LogP contribution is 2.16. The van der Waals surface area contributed by atoms with Gasteiger partial charge >= 0.3 is 0 Å². The van der Waals surface area contributed by atoms with Crippen LogP contribution in [0.25, 0.3) is 0 Å². The van der Waals surface area contributed by atoms with E-state index in [4.69, 9.17) is 0 Å². The Kier molecular flexibility index (Phi) is 5.41. The summed E-state index contributed by atoms with van der Waals surface area (Å²) in [5.41, 5.74) is 1.12. The van der Waals surface area contributed by atoms with E-state index in [0.717, 1.165) is 15.9 Å². The van der Waals surface area contributed by atoms with Crippen molar-refractivity contribution in [3.63, 3.8) is 0 Å². The highest BCUT2D eigenvalue weighted by Gasteiger charge is 2.03. The van der Waals surface area contributed by atoms with E-state index in [-0.39, 0.29) is 11.9 Å². The lowest BCUT2D eigenvalue weighted by atomic mass is 10.3. The first kappa shape index (κ1) is 14.0. The summed E-state index contributed by atoms with van der Waals surface area (Å²) in [6.07, 6.45) is 2.21. The molecule has 1 aromatic rings. The highest BCUT2D eigenvalue weighted by atomic mass is 79.9. The van der Waals surface area contributed by atoms with Gasteiger partial charge in [0.15, 0.2) is 0 Å². The zero-order valence-corrected chi connectivity index (χ0v) is 12.0. The minimum atomic E-state index is 0.0568. The molecule has 0 radical (unpaired) electrons. The van der Waals surface area contributed by atoms with Crippen LogP contribution in [0.2, 0.25) is 0 Å². The minimum absolute atomic E-state index is 0.0568. The Morgan fingerprint density at radius 1 is 1.53 bits per heavy atom. The third kappa shape index (κ3) is 5.17. The van der Waals surface area contributed by atoms with Crippen molar-refractivity contribution in [1.29, 1.82) is 0 Å². The fourth-order valence-corrected chi connectivity index (χ4v) is 1.55. The summed E-state index contributed by atoms with van der Waals surface area (Å²) < 4.78 is 0.987. The lowest BCUT2D eigenvalue weighted by Gasteiger charge is -2.09. The van der Waals surface area contributed by atoms with Crippen LogP contribution in [0.1, 0.15) is 25.8 Å². The predicted octanol–water partition coefficient (Wildman–Crippen LogP) is 2.48. The van der Waals surface area contributed by atoms with Crippen LogP contribution >= 0.6 is 15.9 Å². The molecular weight excluding hydrogens is 282 g/mol. The third-order valence-corrected chi connectivity index (χ3v) is 2.98. The molecule has 1 heterocycles. The fourth-order valence-electron chi connectivity index (χ4n) is 1.33. The topological polar surface area (TPSA) is 54.0 Å². The minimum Gasteiger partial charge on any atom is -0.370 e. The number of hydrogen-bond donors (Lipinski definition) is 2. The molecule has 1 amide bonds. The Labute approximate surface area is 110 Å². The second-order valence-electron chi connectivity index (χ2n) is 4.22. The number of carbonyl (C=O) groups is 1. The van der Waals surface area contributed by atoms with E-state index >= 15 is 0 Å². The van der Waals surface area contributed by atoms with Gasteiger partial charge in [0, 0.05) is 29.7 Å². The average molecular weight is 300 g/mol. The zero-order chi connectivity index (χ0) is 12.8. The summed E-state index contributed by atoms with van der Waals surface area (Å²) in [4.78, 5) is 15.6. The van der Waals surface area contributed by atoms with Gasteiger partial charge in [-0.05, 0) is 48.3 Å². The van der Waals surface area contributed by atoms with E-state index in [1.165, 1.54) is 0 Å². The first-order valence-electron chi connectivity index (χ1n) is 5.64. The van der Waals surface area contributed by atoms with Gasteiger partial charge in [-0.15, -0.1) is 0 Å². The Bertz CT molecular complexity index is 393. The quantitative estimate of drug-likeness (QED) is 0.878. The van der Waals surface area contributed by atoms with Crippen LogP contribution in [0, 0.1) is 6.92 Å². The predicted molar refractivity (Wildman–Crippen MR) is 73.1 cm³/mol. The summed E-state index contributed by atoms with van der Waals surface area (Å²) in [7, 11) is 0. The van der Waals surface area contributed by atoms with Gasteiger partial charge in [0.25, 0.3) is 0 Å². The monoisotopic (exact) mass is 299 g/mol. The van der Waals surface area contributed by atoms with Crippen LogP contribution < -0.4 is 10.6 Å². The second-order valence-corrected chi connectivity index (χ2v) is 5.07. The maximum absolute atomic E-state index is 11.4. The Balaban J connectivity index is 2.36. The number of amides is 1. The smallest absolute Gasteiger partial charge is 0.221 e. The first-order chi connectivity index (χ1) is 7.99. The number of carbonyl (C=O) groups excluding carboxylic acids is 1. The average Bonchev–Trinajstić information content (AvgIpc) is 2.22. The Morgan fingerprint density at radius 3 is 2.82 bits per heavy atom. The second kappa shape index (κ2) is 6.59. The van der Waals surface area contributed by atoms with Gasteiger partial charge in [0.1, 0.15) is 5.82 Å². The summed E-state index contributed by atoms with van der Waals surface area (Å²) in [5, 5.41) is 5.97. The summed E-state index contributed by atoms with van der Waals surface area (Å²) >= 11 is 3.39. The molecule has 4 nitrogen and oxygen atoms in total. The van der Waals surface area contributed by atoms with E-state index in [1.807, 2.05) is 26.8 Å². The molecule has 0 unspecified atom stereocenters. The molecule has 17 heavy (non-hydrogen) atoms. The molecule has 0 spiro atoms. The van der Waals surface area contributed by atoms with E-state index in [9.17, 15) is 4.79 Å². The van der Waals surface area contributed by atoms with Crippen LogP contribution in [0.5, 0.6) is 0 Å². The van der Waals surface area contributed by atoms with Crippen molar-refractivity contribution in [3.05, 3.63) is 22.3 Å². The number of nitrogens with zero attached hydrogens (tertiary/aromatic N) is 1. The van der Waals surface area contributed by atoms with Crippen molar-refractivity contribution < 1.29 is 4.79 Å². The van der Waals surface area contributed by atoms with Crippen LogP contribution in [0.3, 0.4) is 0 Å². The van der Waals surface area contributed by atoms with Crippen molar-refractivity contribution in [3.8, 4) is 0 Å². The van der Waals surface area contributed by atoms with Gasteiger partial charge in [-0.1, -0.05) is 0 Å². The number of rotatable bonds is 5. The number of hydrogen-bond acceptors (Lipinski definition) is 3. The van der Waals surface area contributed by atoms with E-state index < -0.39 is 0 Å². The molecule has 5 heteroatoms. The summed E-state index contributed by atoms with van der Waals surface area (Å²) in [6.45, 7) is 6.49. The van der Waals surface area contributed by atoms with Crippen molar-refractivity contribution >= 4 is 27.7 Å². The third-order valence-electron chi connectivity index (χ3n) is 2.15. The summed E-state index contributed by atoms with van der Waals surface area (Å²) in [5.74, 6) is 0.851. The van der Waals surface area contributed by atoms with Gasteiger partial charge < -0.3 is 10.6 Å². The molecule has 0 atom stereocenters. The molecule has 0 saturated carbocycles. The first-order valence-corrected chi connectivity index (χ1v) is 6.43. The van der Waals surface area contributed by atoms with Crippen LogP contribution in [-0.2, 0) is 4.79 Å². The number of aryl methyl sites for hydroxylation is 1. The van der Waals surface area contributed by atoms with E-state index in [2.05, 4.69) is 31.5 Å². The van der Waals surface area contributed by atoms with Gasteiger partial charge in [0.2, 0.25) is 5.91 Å². The molecule has 0 fully saturated rings. The number of nitrogens with one attached hydrogen (secondary N) is 2. The van der Waals surface area contributed by atoms with Crippen molar-refractivity contribution in [1.82, 2.24) is 10.3 Å². The largest absolute Gasteiger partial charge is 0.370 e. The van der Waals surface area contributed by atoms with Crippen LogP contribution in [0.15, 0.2) is 16.7 Å². The zero-order valence-electron chi connectivity index (χ0n) is 10.4. The molecule has 0 aliphatic heterocycles. The molecule has 0 aromatic carbocycles. The SMILES string of the molecule is Cc1cc(NCCC(=O)NC(C)C)ncc1Br. The number of anilines is 1. The van der Waals surface area contributed by atoms with Crippen molar-refractivity contribution in [2.24, 2.45) is 0 Å². The number of aromatic nitrogens is 1. The molecule has 0 aliphatic rings. The number of pyridine rings is 1. The Hall–Kier alpha value is -1.10. The van der Waals surface area contributed by atoms with Gasteiger partial charge in [-0.3, -0.25) is 4.79 Å². The van der Waals surface area contributed by atoms with E-state index in [1.54, 1.807) is 6.20 Å². The van der Waals surface area contributed by atoms with E-state index in [0.29, 0.717) is 13.0 Å². The molecule has 0 bridgehead atoms. The molecule has 2 N–H and O–H groups in total. The molecule has 1 rings (SSSR count). The normalized spacial score (nSPS) is 10.4. The molecule has 0 aliphatic carbocycles.